The molecule has 0 aliphatic rings. The van der Waals surface area contributed by atoms with Gasteiger partial charge in [-0.3, -0.25) is 4.79 Å². The SMILES string of the molecule is CCNC(=O)CCOC(=O)c1sccc1N. The van der Waals surface area contributed by atoms with Crippen molar-refractivity contribution in [2.24, 2.45) is 0 Å². The van der Waals surface area contributed by atoms with Gasteiger partial charge < -0.3 is 15.8 Å². The van der Waals surface area contributed by atoms with Gasteiger partial charge in [-0.2, -0.15) is 0 Å². The molecule has 0 unspecified atom stereocenters. The predicted octanol–water partition coefficient (Wildman–Crippen LogP) is 1.01. The lowest BCUT2D eigenvalue weighted by Gasteiger charge is -2.04. The van der Waals surface area contributed by atoms with E-state index in [1.54, 1.807) is 11.4 Å². The van der Waals surface area contributed by atoms with Crippen LogP contribution in [0.15, 0.2) is 11.4 Å². The Balaban J connectivity index is 2.31. The van der Waals surface area contributed by atoms with Crippen LogP contribution in [0.4, 0.5) is 5.69 Å². The zero-order valence-corrected chi connectivity index (χ0v) is 9.80. The molecule has 0 fully saturated rings. The number of nitrogens with two attached hydrogens (primary N) is 1. The molecule has 1 rings (SSSR count). The average molecular weight is 242 g/mol. The molecule has 6 heteroatoms. The number of thiophene rings is 1. The normalized spacial score (nSPS) is 9.81. The Kier molecular flexibility index (Phi) is 4.78. The van der Waals surface area contributed by atoms with E-state index < -0.39 is 5.97 Å². The monoisotopic (exact) mass is 242 g/mol. The maximum absolute atomic E-state index is 11.4. The van der Waals surface area contributed by atoms with E-state index in [-0.39, 0.29) is 18.9 Å². The molecule has 1 aromatic rings. The minimum atomic E-state index is -0.475. The van der Waals surface area contributed by atoms with Gasteiger partial charge in [0.15, 0.2) is 0 Å². The van der Waals surface area contributed by atoms with E-state index in [1.807, 2.05) is 6.92 Å². The standard InChI is InChI=1S/C10H14N2O3S/c1-2-12-8(13)3-5-15-10(14)9-7(11)4-6-16-9/h4,6H,2-3,5,11H2,1H3,(H,12,13). The summed E-state index contributed by atoms with van der Waals surface area (Å²) in [6.45, 7) is 2.48. The molecule has 0 saturated carbocycles. The fourth-order valence-electron chi connectivity index (χ4n) is 1.07. The lowest BCUT2D eigenvalue weighted by Crippen LogP contribution is -2.24. The van der Waals surface area contributed by atoms with Gasteiger partial charge in [0, 0.05) is 6.54 Å². The second-order valence-corrected chi connectivity index (χ2v) is 3.96. The van der Waals surface area contributed by atoms with Crippen molar-refractivity contribution in [3.8, 4) is 0 Å². The van der Waals surface area contributed by atoms with Crippen molar-refractivity contribution in [3.63, 3.8) is 0 Å². The van der Waals surface area contributed by atoms with Gasteiger partial charge in [-0.15, -0.1) is 11.3 Å². The van der Waals surface area contributed by atoms with Crippen LogP contribution >= 0.6 is 11.3 Å². The fourth-order valence-corrected chi connectivity index (χ4v) is 1.78. The Bertz CT molecular complexity index is 376. The largest absolute Gasteiger partial charge is 0.461 e. The van der Waals surface area contributed by atoms with Gasteiger partial charge in [0.1, 0.15) is 11.5 Å². The quantitative estimate of drug-likeness (QED) is 0.755. The Morgan fingerprint density at radius 3 is 2.88 bits per heavy atom. The first-order valence-corrected chi connectivity index (χ1v) is 5.80. The lowest BCUT2D eigenvalue weighted by atomic mass is 10.4. The molecule has 3 N–H and O–H groups in total. The third-order valence-corrected chi connectivity index (χ3v) is 2.73. The third kappa shape index (κ3) is 3.54. The smallest absolute Gasteiger partial charge is 0.350 e. The highest BCUT2D eigenvalue weighted by molar-refractivity contribution is 7.12. The molecular formula is C10H14N2O3S. The Morgan fingerprint density at radius 1 is 1.56 bits per heavy atom. The maximum atomic E-state index is 11.4. The molecule has 0 atom stereocenters. The van der Waals surface area contributed by atoms with Crippen LogP contribution in [-0.2, 0) is 9.53 Å². The predicted molar refractivity (Wildman–Crippen MR) is 62.3 cm³/mol. The van der Waals surface area contributed by atoms with Crippen LogP contribution in [0.3, 0.4) is 0 Å². The molecule has 1 heterocycles. The molecule has 0 aliphatic heterocycles. The van der Waals surface area contributed by atoms with Gasteiger partial charge in [0.05, 0.1) is 12.1 Å². The highest BCUT2D eigenvalue weighted by atomic mass is 32.1. The first-order valence-electron chi connectivity index (χ1n) is 4.92. The summed E-state index contributed by atoms with van der Waals surface area (Å²) in [4.78, 5) is 22.9. The minimum absolute atomic E-state index is 0.0714. The van der Waals surface area contributed by atoms with E-state index in [0.717, 1.165) is 0 Å². The van der Waals surface area contributed by atoms with E-state index in [1.165, 1.54) is 11.3 Å². The first-order chi connectivity index (χ1) is 7.65. The van der Waals surface area contributed by atoms with Gasteiger partial charge in [0.25, 0.3) is 0 Å². The summed E-state index contributed by atoms with van der Waals surface area (Å²) >= 11 is 1.23. The number of ether oxygens (including phenoxy) is 1. The molecule has 0 bridgehead atoms. The summed E-state index contributed by atoms with van der Waals surface area (Å²) in [7, 11) is 0. The van der Waals surface area contributed by atoms with Crippen molar-refractivity contribution in [2.45, 2.75) is 13.3 Å². The van der Waals surface area contributed by atoms with Crippen LogP contribution in [0.5, 0.6) is 0 Å². The molecule has 0 aliphatic carbocycles. The maximum Gasteiger partial charge on any atom is 0.350 e. The number of esters is 1. The number of nitrogen functional groups attached to an aromatic ring is 1. The Hall–Kier alpha value is -1.56. The van der Waals surface area contributed by atoms with Crippen molar-refractivity contribution in [2.75, 3.05) is 18.9 Å². The molecular weight excluding hydrogens is 228 g/mol. The van der Waals surface area contributed by atoms with E-state index >= 15 is 0 Å². The van der Waals surface area contributed by atoms with Gasteiger partial charge in [0.2, 0.25) is 5.91 Å². The van der Waals surface area contributed by atoms with E-state index in [0.29, 0.717) is 17.1 Å². The fraction of sp³-hybridized carbons (Fsp3) is 0.400. The Labute approximate surface area is 97.6 Å². The summed E-state index contributed by atoms with van der Waals surface area (Å²) < 4.78 is 4.91. The van der Waals surface area contributed by atoms with Gasteiger partial charge in [-0.05, 0) is 18.4 Å². The van der Waals surface area contributed by atoms with E-state index in [9.17, 15) is 9.59 Å². The summed E-state index contributed by atoms with van der Waals surface area (Å²) in [6.07, 6.45) is 0.171. The van der Waals surface area contributed by atoms with Crippen LogP contribution in [-0.4, -0.2) is 25.0 Å². The zero-order valence-electron chi connectivity index (χ0n) is 8.99. The number of hydrogen-bond acceptors (Lipinski definition) is 5. The Morgan fingerprint density at radius 2 is 2.31 bits per heavy atom. The molecule has 1 aromatic heterocycles. The highest BCUT2D eigenvalue weighted by Crippen LogP contribution is 2.19. The van der Waals surface area contributed by atoms with Crippen LogP contribution in [0.2, 0.25) is 0 Å². The van der Waals surface area contributed by atoms with E-state index in [2.05, 4.69) is 5.32 Å². The molecule has 0 aromatic carbocycles. The minimum Gasteiger partial charge on any atom is -0.461 e. The second-order valence-electron chi connectivity index (χ2n) is 3.04. The van der Waals surface area contributed by atoms with Crippen molar-refractivity contribution >= 4 is 28.9 Å². The first kappa shape index (κ1) is 12.5. The van der Waals surface area contributed by atoms with Crippen molar-refractivity contribution < 1.29 is 14.3 Å². The molecule has 0 spiro atoms. The number of hydrogen-bond donors (Lipinski definition) is 2. The number of amides is 1. The summed E-state index contributed by atoms with van der Waals surface area (Å²) in [5.41, 5.74) is 5.96. The number of carbonyl (C=O) groups excluding carboxylic acids is 2. The highest BCUT2D eigenvalue weighted by Gasteiger charge is 2.12. The molecule has 0 radical (unpaired) electrons. The van der Waals surface area contributed by atoms with Crippen LogP contribution < -0.4 is 11.1 Å². The zero-order chi connectivity index (χ0) is 12.0. The van der Waals surface area contributed by atoms with E-state index in [4.69, 9.17) is 10.5 Å². The van der Waals surface area contributed by atoms with Crippen molar-refractivity contribution in [1.82, 2.24) is 5.32 Å². The van der Waals surface area contributed by atoms with Crippen LogP contribution in [0.25, 0.3) is 0 Å². The topological polar surface area (TPSA) is 81.4 Å². The molecule has 0 saturated heterocycles. The number of carbonyl (C=O) groups is 2. The van der Waals surface area contributed by atoms with Gasteiger partial charge >= 0.3 is 5.97 Å². The van der Waals surface area contributed by atoms with Gasteiger partial charge in [-0.25, -0.2) is 4.79 Å². The van der Waals surface area contributed by atoms with Gasteiger partial charge in [-0.1, -0.05) is 0 Å². The van der Waals surface area contributed by atoms with Crippen LogP contribution in [0, 0.1) is 0 Å². The number of anilines is 1. The number of nitrogens with one attached hydrogen (secondary N) is 1. The third-order valence-electron chi connectivity index (χ3n) is 1.82. The molecule has 16 heavy (non-hydrogen) atoms. The average Bonchev–Trinajstić information content (AvgIpc) is 2.64. The molecule has 5 nitrogen and oxygen atoms in total. The summed E-state index contributed by atoms with van der Waals surface area (Å²) in [5.74, 6) is -0.605. The van der Waals surface area contributed by atoms with Crippen LogP contribution in [0.1, 0.15) is 23.0 Å². The molecule has 1 amide bonds. The summed E-state index contributed by atoms with van der Waals surface area (Å²) in [6, 6.07) is 1.64. The summed E-state index contributed by atoms with van der Waals surface area (Å²) in [5, 5.41) is 4.33. The molecule has 88 valence electrons. The van der Waals surface area contributed by atoms with Crippen molar-refractivity contribution in [3.05, 3.63) is 16.3 Å². The number of rotatable bonds is 5. The second kappa shape index (κ2) is 6.12. The van der Waals surface area contributed by atoms with Crippen molar-refractivity contribution in [1.29, 1.82) is 0 Å². The lowest BCUT2D eigenvalue weighted by molar-refractivity contribution is -0.121.